The molecule has 3 nitrogen and oxygen atoms in total. The molecule has 2 rings (SSSR count). The summed E-state index contributed by atoms with van der Waals surface area (Å²) in [5, 5.41) is 0. The minimum absolute atomic E-state index is 0.430. The van der Waals surface area contributed by atoms with Crippen molar-refractivity contribution < 1.29 is 9.21 Å². The van der Waals surface area contributed by atoms with E-state index in [0.29, 0.717) is 5.76 Å². The summed E-state index contributed by atoms with van der Waals surface area (Å²) in [5.41, 5.74) is 0. The average Bonchev–Trinajstić information content (AvgIpc) is 2.54. The van der Waals surface area contributed by atoms with Crippen LogP contribution in [0.2, 0.25) is 0 Å². The van der Waals surface area contributed by atoms with E-state index in [0.717, 1.165) is 31.7 Å². The van der Waals surface area contributed by atoms with Gasteiger partial charge < -0.3 is 4.42 Å². The fourth-order valence-corrected chi connectivity index (χ4v) is 2.06. The number of likely N-dealkylation sites (tertiary alicyclic amines) is 1. The molecule has 1 aromatic heterocycles. The maximum absolute atomic E-state index is 10.5. The number of carbonyl (C=O) groups excluding carboxylic acids is 1. The third-order valence-corrected chi connectivity index (χ3v) is 2.88. The van der Waals surface area contributed by atoms with Crippen molar-refractivity contribution in [2.24, 2.45) is 0 Å². The van der Waals surface area contributed by atoms with Crippen molar-refractivity contribution >= 4 is 6.29 Å². The maximum atomic E-state index is 10.5. The van der Waals surface area contributed by atoms with Gasteiger partial charge in [-0.3, -0.25) is 9.69 Å². The van der Waals surface area contributed by atoms with Gasteiger partial charge in [-0.2, -0.15) is 0 Å². The number of carbonyl (C=O) groups is 1. The van der Waals surface area contributed by atoms with Gasteiger partial charge in [0.15, 0.2) is 12.0 Å². The van der Waals surface area contributed by atoms with Crippen molar-refractivity contribution in [2.75, 3.05) is 13.1 Å². The van der Waals surface area contributed by atoms with E-state index in [9.17, 15) is 4.79 Å². The van der Waals surface area contributed by atoms with E-state index in [1.54, 1.807) is 6.07 Å². The molecular formula is C12H17NO2. The Morgan fingerprint density at radius 3 is 2.53 bits per heavy atom. The van der Waals surface area contributed by atoms with Crippen LogP contribution in [0.15, 0.2) is 16.5 Å². The van der Waals surface area contributed by atoms with Crippen LogP contribution in [-0.2, 0) is 6.54 Å². The highest BCUT2D eigenvalue weighted by Crippen LogP contribution is 2.14. The molecule has 1 aromatic rings. The zero-order chi connectivity index (χ0) is 10.5. The Morgan fingerprint density at radius 1 is 1.20 bits per heavy atom. The van der Waals surface area contributed by atoms with Crippen molar-refractivity contribution in [1.29, 1.82) is 0 Å². The van der Waals surface area contributed by atoms with Crippen LogP contribution in [0.5, 0.6) is 0 Å². The smallest absolute Gasteiger partial charge is 0.185 e. The first kappa shape index (κ1) is 10.4. The second-order valence-corrected chi connectivity index (χ2v) is 4.11. The summed E-state index contributed by atoms with van der Waals surface area (Å²) in [4.78, 5) is 12.9. The zero-order valence-corrected chi connectivity index (χ0v) is 8.95. The van der Waals surface area contributed by atoms with Crippen LogP contribution in [-0.4, -0.2) is 24.3 Å². The third-order valence-electron chi connectivity index (χ3n) is 2.88. The lowest BCUT2D eigenvalue weighted by Gasteiger charge is -2.17. The Bertz CT molecular complexity index is 311. The Morgan fingerprint density at radius 2 is 1.93 bits per heavy atom. The van der Waals surface area contributed by atoms with Gasteiger partial charge in [0, 0.05) is 0 Å². The molecule has 82 valence electrons. The van der Waals surface area contributed by atoms with E-state index < -0.39 is 0 Å². The molecule has 1 aliphatic rings. The molecule has 0 aromatic carbocycles. The first-order chi connectivity index (χ1) is 7.38. The molecule has 0 atom stereocenters. The highest BCUT2D eigenvalue weighted by atomic mass is 16.3. The molecule has 0 unspecified atom stereocenters. The second-order valence-electron chi connectivity index (χ2n) is 4.11. The Labute approximate surface area is 90.1 Å². The lowest BCUT2D eigenvalue weighted by molar-refractivity contribution is 0.109. The number of furan rings is 1. The van der Waals surface area contributed by atoms with E-state index in [1.807, 2.05) is 6.07 Å². The molecule has 15 heavy (non-hydrogen) atoms. The Hall–Kier alpha value is -1.09. The van der Waals surface area contributed by atoms with Gasteiger partial charge in [-0.25, -0.2) is 0 Å². The van der Waals surface area contributed by atoms with Crippen LogP contribution in [0, 0.1) is 0 Å². The summed E-state index contributed by atoms with van der Waals surface area (Å²) < 4.78 is 5.37. The van der Waals surface area contributed by atoms with E-state index >= 15 is 0 Å². The minimum Gasteiger partial charge on any atom is -0.457 e. The Kier molecular flexibility index (Phi) is 3.56. The summed E-state index contributed by atoms with van der Waals surface area (Å²) in [6.07, 6.45) is 6.00. The van der Waals surface area contributed by atoms with E-state index in [1.165, 1.54) is 25.7 Å². The first-order valence-corrected chi connectivity index (χ1v) is 5.65. The molecule has 1 aliphatic heterocycles. The molecule has 0 bridgehead atoms. The monoisotopic (exact) mass is 207 g/mol. The Balaban J connectivity index is 1.91. The fraction of sp³-hybridized carbons (Fsp3) is 0.583. The molecule has 3 heteroatoms. The zero-order valence-electron chi connectivity index (χ0n) is 8.95. The number of aldehydes is 1. The van der Waals surface area contributed by atoms with Crippen LogP contribution >= 0.6 is 0 Å². The lowest BCUT2D eigenvalue weighted by atomic mass is 10.2. The predicted octanol–water partition coefficient (Wildman–Crippen LogP) is 2.47. The van der Waals surface area contributed by atoms with E-state index in [2.05, 4.69) is 4.90 Å². The van der Waals surface area contributed by atoms with Crippen molar-refractivity contribution in [3.63, 3.8) is 0 Å². The topological polar surface area (TPSA) is 33.5 Å². The third kappa shape index (κ3) is 2.93. The summed E-state index contributed by atoms with van der Waals surface area (Å²) >= 11 is 0. The van der Waals surface area contributed by atoms with Gasteiger partial charge in [0.25, 0.3) is 0 Å². The molecule has 0 aliphatic carbocycles. The van der Waals surface area contributed by atoms with Crippen LogP contribution in [0.4, 0.5) is 0 Å². The number of rotatable bonds is 3. The number of nitrogens with zero attached hydrogens (tertiary/aromatic N) is 1. The highest BCUT2D eigenvalue weighted by Gasteiger charge is 2.11. The van der Waals surface area contributed by atoms with E-state index in [-0.39, 0.29) is 0 Å². The van der Waals surface area contributed by atoms with Crippen molar-refractivity contribution in [1.82, 2.24) is 4.90 Å². The SMILES string of the molecule is O=Cc1ccc(CN2CCCCCC2)o1. The van der Waals surface area contributed by atoms with Gasteiger partial charge in [0.1, 0.15) is 5.76 Å². The molecule has 0 spiro atoms. The molecule has 0 saturated carbocycles. The van der Waals surface area contributed by atoms with Gasteiger partial charge in [-0.15, -0.1) is 0 Å². The molecule has 0 N–H and O–H groups in total. The van der Waals surface area contributed by atoms with Crippen LogP contribution in [0.25, 0.3) is 0 Å². The van der Waals surface area contributed by atoms with Gasteiger partial charge in [0.2, 0.25) is 0 Å². The molecule has 2 heterocycles. The molecule has 0 amide bonds. The maximum Gasteiger partial charge on any atom is 0.185 e. The van der Waals surface area contributed by atoms with Crippen molar-refractivity contribution in [2.45, 2.75) is 32.2 Å². The van der Waals surface area contributed by atoms with Gasteiger partial charge in [-0.05, 0) is 38.1 Å². The minimum atomic E-state index is 0.430. The fourth-order valence-electron chi connectivity index (χ4n) is 2.06. The number of hydrogen-bond donors (Lipinski definition) is 0. The normalized spacial score (nSPS) is 18.7. The standard InChI is InChI=1S/C12H17NO2/c14-10-12-6-5-11(15-12)9-13-7-3-1-2-4-8-13/h5-6,10H,1-4,7-9H2. The van der Waals surface area contributed by atoms with Crippen LogP contribution in [0.1, 0.15) is 42.0 Å². The van der Waals surface area contributed by atoms with Gasteiger partial charge in [-0.1, -0.05) is 12.8 Å². The highest BCUT2D eigenvalue weighted by molar-refractivity contribution is 5.70. The van der Waals surface area contributed by atoms with Crippen molar-refractivity contribution in [3.8, 4) is 0 Å². The summed E-state index contributed by atoms with van der Waals surface area (Å²) in [7, 11) is 0. The van der Waals surface area contributed by atoms with Crippen molar-refractivity contribution in [3.05, 3.63) is 23.7 Å². The van der Waals surface area contributed by atoms with Gasteiger partial charge >= 0.3 is 0 Å². The lowest BCUT2D eigenvalue weighted by Crippen LogP contribution is -2.23. The predicted molar refractivity (Wildman–Crippen MR) is 57.8 cm³/mol. The average molecular weight is 207 g/mol. The first-order valence-electron chi connectivity index (χ1n) is 5.65. The summed E-state index contributed by atoms with van der Waals surface area (Å²) in [6, 6.07) is 3.63. The quantitative estimate of drug-likeness (QED) is 0.714. The molecule has 1 fully saturated rings. The van der Waals surface area contributed by atoms with E-state index in [4.69, 9.17) is 4.42 Å². The van der Waals surface area contributed by atoms with Crippen LogP contribution in [0.3, 0.4) is 0 Å². The molecule has 1 saturated heterocycles. The van der Waals surface area contributed by atoms with Crippen LogP contribution < -0.4 is 0 Å². The summed E-state index contributed by atoms with van der Waals surface area (Å²) in [5.74, 6) is 1.33. The summed E-state index contributed by atoms with van der Waals surface area (Å²) in [6.45, 7) is 3.14. The largest absolute Gasteiger partial charge is 0.457 e. The number of hydrogen-bond acceptors (Lipinski definition) is 3. The van der Waals surface area contributed by atoms with Gasteiger partial charge in [0.05, 0.1) is 6.54 Å². The molecule has 0 radical (unpaired) electrons. The molecular weight excluding hydrogens is 190 g/mol. The second kappa shape index (κ2) is 5.12.